The number of hydrogen-bond acceptors (Lipinski definition) is 8. The number of amides is 1. The summed E-state index contributed by atoms with van der Waals surface area (Å²) < 4.78 is 39.6. The number of hydrogen-bond donors (Lipinski definition) is 1. The summed E-state index contributed by atoms with van der Waals surface area (Å²) >= 11 is 0. The van der Waals surface area contributed by atoms with E-state index in [0.29, 0.717) is 18.6 Å². The molecule has 0 aromatic heterocycles. The van der Waals surface area contributed by atoms with Gasteiger partial charge in [0.05, 0.1) is 16.9 Å². The van der Waals surface area contributed by atoms with Crippen LogP contribution in [0.25, 0.3) is 0 Å². The second kappa shape index (κ2) is 12.6. The van der Waals surface area contributed by atoms with Crippen LogP contribution in [0.3, 0.4) is 0 Å². The molecule has 0 aliphatic heterocycles. The summed E-state index contributed by atoms with van der Waals surface area (Å²) in [7, 11) is 0.0694. The first-order chi connectivity index (χ1) is 23.9. The lowest BCUT2D eigenvalue weighted by molar-refractivity contribution is -0.173. The van der Waals surface area contributed by atoms with Crippen LogP contribution in [-0.2, 0) is 33.4 Å². The van der Waals surface area contributed by atoms with Gasteiger partial charge in [-0.05, 0) is 127 Å². The van der Waals surface area contributed by atoms with Crippen molar-refractivity contribution in [2.45, 2.75) is 137 Å². The molecular weight excluding hydrogens is 677 g/mol. The highest BCUT2D eigenvalue weighted by Crippen LogP contribution is 2.88. The number of nitrogens with one attached hydrogen (secondary N) is 1. The third-order valence-corrected chi connectivity index (χ3v) is 16.9. The zero-order valence-electron chi connectivity index (χ0n) is 33.7. The van der Waals surface area contributed by atoms with Crippen LogP contribution >= 0.6 is 0 Å². The molecule has 5 saturated carbocycles. The molecule has 5 aliphatic carbocycles. The Labute approximate surface area is 312 Å². The number of nitrogens with zero attached hydrogens (tertiary/aromatic N) is 1. The first-order valence-electron chi connectivity index (χ1n) is 19.6. The number of ketones is 1. The first kappa shape index (κ1) is 39.4. The predicted molar refractivity (Wildman–Crippen MR) is 201 cm³/mol. The molecule has 1 aromatic rings. The lowest BCUT2D eigenvalue weighted by Gasteiger charge is -2.63. The molecule has 11 atom stereocenters. The molecule has 52 heavy (non-hydrogen) atoms. The van der Waals surface area contributed by atoms with Gasteiger partial charge in [-0.3, -0.25) is 18.6 Å². The predicted octanol–water partition coefficient (Wildman–Crippen LogP) is 6.96. The maximum absolute atomic E-state index is 15.1. The Balaban J connectivity index is 1.37. The summed E-state index contributed by atoms with van der Waals surface area (Å²) in [5.41, 5.74) is -1.86. The average Bonchev–Trinajstić information content (AvgIpc) is 3.68. The van der Waals surface area contributed by atoms with Crippen molar-refractivity contribution in [3.05, 3.63) is 29.8 Å². The summed E-state index contributed by atoms with van der Waals surface area (Å²) in [6.45, 7) is 20.2. The van der Waals surface area contributed by atoms with E-state index in [1.54, 1.807) is 24.3 Å². The van der Waals surface area contributed by atoms with Crippen molar-refractivity contribution in [1.29, 1.82) is 0 Å². The fourth-order valence-electron chi connectivity index (χ4n) is 12.3. The standard InChI is InChI=1S/C42H64N2O7S/c1-25(2)35(46)43-32-19-20-41-23-42(41)31(18-17-30(41)38(32,8)24-50-52(48,49)28-15-13-26(3)14-16-28)39(9)21-29(51-36(47)37(5,6)7)34(27(4)44(11)12)40(39,10)22-33(42)45/h13-16,25,27,29-32,34H,17-24H2,1-12H3,(H,43,46)/t27-,29+,30-,31-,32-,34-,38-,39-,40+,41?,42-/m0/s1. The summed E-state index contributed by atoms with van der Waals surface area (Å²) in [4.78, 5) is 44.1. The van der Waals surface area contributed by atoms with E-state index in [0.717, 1.165) is 37.7 Å². The summed E-state index contributed by atoms with van der Waals surface area (Å²) in [5, 5.41) is 3.31. The van der Waals surface area contributed by atoms with Gasteiger partial charge >= 0.3 is 5.97 Å². The van der Waals surface area contributed by atoms with Gasteiger partial charge in [-0.15, -0.1) is 0 Å². The van der Waals surface area contributed by atoms with Gasteiger partial charge in [0.25, 0.3) is 10.1 Å². The highest BCUT2D eigenvalue weighted by molar-refractivity contribution is 7.86. The molecular formula is C42H64N2O7S. The average molecular weight is 741 g/mol. The Hall–Kier alpha value is -2.30. The van der Waals surface area contributed by atoms with E-state index < -0.39 is 26.4 Å². The number of carbonyl (C=O) groups excluding carboxylic acids is 3. The van der Waals surface area contributed by atoms with E-state index in [9.17, 15) is 18.0 Å². The zero-order valence-corrected chi connectivity index (χ0v) is 34.5. The lowest BCUT2D eigenvalue weighted by atomic mass is 9.41. The quantitative estimate of drug-likeness (QED) is 0.213. The van der Waals surface area contributed by atoms with Crippen LogP contribution in [0.5, 0.6) is 0 Å². The molecule has 2 spiro atoms. The molecule has 1 unspecified atom stereocenters. The monoisotopic (exact) mass is 740 g/mol. The van der Waals surface area contributed by atoms with Crippen molar-refractivity contribution in [1.82, 2.24) is 10.2 Å². The minimum absolute atomic E-state index is 0.0137. The van der Waals surface area contributed by atoms with E-state index >= 15 is 4.79 Å². The molecule has 0 heterocycles. The highest BCUT2D eigenvalue weighted by Gasteiger charge is 2.86. The van der Waals surface area contributed by atoms with Gasteiger partial charge in [0, 0.05) is 41.2 Å². The van der Waals surface area contributed by atoms with Crippen molar-refractivity contribution in [2.24, 2.45) is 56.2 Å². The van der Waals surface area contributed by atoms with Gasteiger partial charge < -0.3 is 15.0 Å². The Bertz CT molecular complexity index is 1720. The van der Waals surface area contributed by atoms with E-state index in [1.165, 1.54) is 0 Å². The largest absolute Gasteiger partial charge is 0.462 e. The van der Waals surface area contributed by atoms with Crippen LogP contribution in [0, 0.1) is 63.1 Å². The molecule has 290 valence electrons. The van der Waals surface area contributed by atoms with Crippen molar-refractivity contribution in [3.8, 4) is 0 Å². The fraction of sp³-hybridized carbons (Fsp3) is 0.786. The number of esters is 1. The number of rotatable bonds is 9. The summed E-state index contributed by atoms with van der Waals surface area (Å²) in [5.74, 6) is -0.0851. The van der Waals surface area contributed by atoms with Crippen LogP contribution in [0.4, 0.5) is 0 Å². The minimum Gasteiger partial charge on any atom is -0.462 e. The van der Waals surface area contributed by atoms with Crippen LogP contribution in [0.1, 0.15) is 113 Å². The molecule has 0 radical (unpaired) electrons. The number of ether oxygens (including phenoxy) is 1. The van der Waals surface area contributed by atoms with Crippen molar-refractivity contribution >= 4 is 27.8 Å². The van der Waals surface area contributed by atoms with Gasteiger partial charge in [0.15, 0.2) is 0 Å². The molecule has 1 amide bonds. The van der Waals surface area contributed by atoms with Crippen molar-refractivity contribution < 1.29 is 31.7 Å². The number of carbonyl (C=O) groups is 3. The van der Waals surface area contributed by atoms with Gasteiger partial charge in [0.1, 0.15) is 11.9 Å². The number of benzene rings is 1. The van der Waals surface area contributed by atoms with Crippen LogP contribution in [0.2, 0.25) is 0 Å². The zero-order chi connectivity index (χ0) is 38.6. The SMILES string of the molecule is Cc1ccc(S(=O)(=O)OC[C@]2(C)[C@@H](NC(=O)C(C)C)CCC34C[C@]35C(=O)C[C@]3(C)[C@@H]([C@H](C)N(C)C)[C@H](OC(=O)C(C)(C)C)C[C@@]3(C)[C@@H]5CC[C@H]42)cc1. The third kappa shape index (κ3) is 5.65. The maximum Gasteiger partial charge on any atom is 0.311 e. The second-order valence-corrected chi connectivity index (χ2v) is 21.5. The van der Waals surface area contributed by atoms with E-state index in [1.807, 2.05) is 41.5 Å². The molecule has 5 aliphatic rings. The molecule has 6 rings (SSSR count). The topological polar surface area (TPSA) is 119 Å². The first-order valence-corrected chi connectivity index (χ1v) is 21.0. The summed E-state index contributed by atoms with van der Waals surface area (Å²) in [6, 6.07) is 6.47. The Kier molecular flexibility index (Phi) is 9.56. The van der Waals surface area contributed by atoms with E-state index in [2.05, 4.69) is 52.0 Å². The highest BCUT2D eigenvalue weighted by atomic mass is 32.2. The van der Waals surface area contributed by atoms with Crippen LogP contribution < -0.4 is 5.32 Å². The third-order valence-electron chi connectivity index (χ3n) is 15.6. The van der Waals surface area contributed by atoms with E-state index in [4.69, 9.17) is 8.92 Å². The lowest BCUT2D eigenvalue weighted by Crippen LogP contribution is -2.64. The van der Waals surface area contributed by atoms with Crippen LogP contribution in [0.15, 0.2) is 29.2 Å². The van der Waals surface area contributed by atoms with Gasteiger partial charge in [-0.1, -0.05) is 52.3 Å². The van der Waals surface area contributed by atoms with Crippen LogP contribution in [-0.4, -0.2) is 69.9 Å². The smallest absolute Gasteiger partial charge is 0.311 e. The molecule has 9 nitrogen and oxygen atoms in total. The Morgan fingerprint density at radius 1 is 0.981 bits per heavy atom. The molecule has 1 N–H and O–H groups in total. The molecule has 5 fully saturated rings. The molecule has 10 heteroatoms. The minimum atomic E-state index is -4.07. The normalized spacial score (nSPS) is 40.3. The fourth-order valence-corrected chi connectivity index (χ4v) is 13.4. The van der Waals surface area contributed by atoms with E-state index in [-0.39, 0.29) is 81.5 Å². The number of fused-ring (bicyclic) bond motifs is 2. The summed E-state index contributed by atoms with van der Waals surface area (Å²) in [6.07, 6.45) is 4.72. The van der Waals surface area contributed by atoms with Gasteiger partial charge in [-0.2, -0.15) is 8.42 Å². The number of Topliss-reactive ketones (excluding diaryl/α,β-unsaturated/α-hetero) is 1. The Morgan fingerprint density at radius 3 is 2.17 bits per heavy atom. The maximum atomic E-state index is 15.1. The molecule has 1 aromatic carbocycles. The molecule has 0 saturated heterocycles. The van der Waals surface area contributed by atoms with Crippen molar-refractivity contribution in [3.63, 3.8) is 0 Å². The Morgan fingerprint density at radius 2 is 1.60 bits per heavy atom. The van der Waals surface area contributed by atoms with Crippen molar-refractivity contribution in [2.75, 3.05) is 20.7 Å². The van der Waals surface area contributed by atoms with Gasteiger partial charge in [-0.25, -0.2) is 0 Å². The second-order valence-electron chi connectivity index (χ2n) is 19.8. The van der Waals surface area contributed by atoms with Gasteiger partial charge in [0.2, 0.25) is 5.91 Å². The molecule has 0 bridgehead atoms. The number of aryl methyl sites for hydroxylation is 1.